The minimum atomic E-state index is -1.34. The van der Waals surface area contributed by atoms with Gasteiger partial charge in [0.15, 0.2) is 0 Å². The molecule has 5 amide bonds. The number of nitrogens with one attached hydrogen (secondary N) is 4. The summed E-state index contributed by atoms with van der Waals surface area (Å²) < 4.78 is 0. The summed E-state index contributed by atoms with van der Waals surface area (Å²) in [6.07, 6.45) is 4.08. The van der Waals surface area contributed by atoms with Crippen LogP contribution in [0.3, 0.4) is 0 Å². The van der Waals surface area contributed by atoms with Crippen LogP contribution in [0.5, 0.6) is 0 Å². The smallest absolute Gasteiger partial charge is 0.332 e. The van der Waals surface area contributed by atoms with Gasteiger partial charge in [0.2, 0.25) is 11.8 Å². The SMILES string of the molecule is NC(=O)C[C@H](NC(=O)c1ccc2ccccc2n1)C(=O)N[C@@H](Cc1ccccc1)[C@@H](O)CN(NCC1CCCCC1)C(=O)NCc1ccccc1. The molecule has 5 rings (SSSR count). The Hall–Kier alpha value is -5.33. The highest BCUT2D eigenvalue weighted by Gasteiger charge is 2.31. The van der Waals surface area contributed by atoms with Crippen LogP contribution in [-0.4, -0.2) is 70.1 Å². The molecule has 1 saturated carbocycles. The molecule has 1 aliphatic rings. The molecule has 1 aromatic heterocycles. The van der Waals surface area contributed by atoms with Crippen molar-refractivity contribution in [2.24, 2.45) is 11.7 Å². The predicted molar refractivity (Wildman–Crippen MR) is 195 cm³/mol. The Labute approximate surface area is 298 Å². The molecule has 0 unspecified atom stereocenters. The molecule has 51 heavy (non-hydrogen) atoms. The highest BCUT2D eigenvalue weighted by Crippen LogP contribution is 2.23. The Bertz CT molecular complexity index is 1750. The van der Waals surface area contributed by atoms with Crippen molar-refractivity contribution in [1.29, 1.82) is 0 Å². The maximum atomic E-state index is 13.8. The summed E-state index contributed by atoms with van der Waals surface area (Å²) >= 11 is 0. The number of rotatable bonds is 16. The summed E-state index contributed by atoms with van der Waals surface area (Å²) in [4.78, 5) is 57.1. The van der Waals surface area contributed by atoms with Crippen molar-refractivity contribution in [1.82, 2.24) is 31.4 Å². The third-order valence-electron chi connectivity index (χ3n) is 9.15. The predicted octanol–water partition coefficient (Wildman–Crippen LogP) is 3.59. The van der Waals surface area contributed by atoms with Crippen molar-refractivity contribution < 1.29 is 24.3 Å². The van der Waals surface area contributed by atoms with E-state index in [-0.39, 0.29) is 18.7 Å². The van der Waals surface area contributed by atoms with E-state index in [9.17, 15) is 24.3 Å². The fourth-order valence-electron chi connectivity index (χ4n) is 6.30. The first-order valence-electron chi connectivity index (χ1n) is 17.6. The molecule has 0 aliphatic heterocycles. The van der Waals surface area contributed by atoms with Crippen molar-refractivity contribution in [2.45, 2.75) is 69.7 Å². The lowest BCUT2D eigenvalue weighted by Gasteiger charge is -2.33. The molecule has 1 heterocycles. The number of para-hydroxylation sites is 1. The van der Waals surface area contributed by atoms with Gasteiger partial charge in [-0.3, -0.25) is 19.4 Å². The van der Waals surface area contributed by atoms with Gasteiger partial charge in [0, 0.05) is 18.5 Å². The minimum Gasteiger partial charge on any atom is -0.389 e. The van der Waals surface area contributed by atoms with Crippen LogP contribution in [0.1, 0.15) is 60.1 Å². The molecule has 12 nitrogen and oxygen atoms in total. The van der Waals surface area contributed by atoms with Gasteiger partial charge in [0.05, 0.1) is 30.6 Å². The number of pyridine rings is 1. The van der Waals surface area contributed by atoms with E-state index in [2.05, 4.69) is 26.4 Å². The molecule has 12 heteroatoms. The summed E-state index contributed by atoms with van der Waals surface area (Å²) in [6.45, 7) is 0.706. The number of primary amides is 1. The monoisotopic (exact) mass is 693 g/mol. The van der Waals surface area contributed by atoms with Crippen LogP contribution in [0.2, 0.25) is 0 Å². The zero-order valence-corrected chi connectivity index (χ0v) is 28.7. The van der Waals surface area contributed by atoms with E-state index in [0.29, 0.717) is 24.5 Å². The van der Waals surface area contributed by atoms with Gasteiger partial charge in [0.25, 0.3) is 5.91 Å². The fraction of sp³-hybridized carbons (Fsp3) is 0.359. The second kappa shape index (κ2) is 18.6. The second-order valence-electron chi connectivity index (χ2n) is 13.1. The zero-order valence-electron chi connectivity index (χ0n) is 28.7. The Kier molecular flexibility index (Phi) is 13.5. The zero-order chi connectivity index (χ0) is 36.0. The van der Waals surface area contributed by atoms with E-state index in [0.717, 1.165) is 42.2 Å². The molecular weight excluding hydrogens is 646 g/mol. The number of benzene rings is 3. The average Bonchev–Trinajstić information content (AvgIpc) is 3.15. The maximum absolute atomic E-state index is 13.8. The van der Waals surface area contributed by atoms with E-state index in [1.807, 2.05) is 72.8 Å². The lowest BCUT2D eigenvalue weighted by molar-refractivity contribution is -0.128. The van der Waals surface area contributed by atoms with E-state index in [1.165, 1.54) is 17.5 Å². The Morgan fingerprint density at radius 2 is 1.49 bits per heavy atom. The summed E-state index contributed by atoms with van der Waals surface area (Å²) in [5.74, 6) is -1.76. The van der Waals surface area contributed by atoms with Crippen LogP contribution < -0.4 is 27.1 Å². The van der Waals surface area contributed by atoms with Crippen LogP contribution >= 0.6 is 0 Å². The van der Waals surface area contributed by atoms with Gasteiger partial charge >= 0.3 is 6.03 Å². The molecule has 268 valence electrons. The summed E-state index contributed by atoms with van der Waals surface area (Å²) in [5, 5.41) is 22.3. The molecule has 0 radical (unpaired) electrons. The molecule has 7 N–H and O–H groups in total. The largest absolute Gasteiger partial charge is 0.389 e. The number of aliphatic hydroxyl groups excluding tert-OH is 1. The van der Waals surface area contributed by atoms with Crippen LogP contribution in [0.25, 0.3) is 10.9 Å². The Morgan fingerprint density at radius 1 is 0.824 bits per heavy atom. The lowest BCUT2D eigenvalue weighted by Crippen LogP contribution is -2.58. The first-order chi connectivity index (χ1) is 24.7. The van der Waals surface area contributed by atoms with Gasteiger partial charge in [-0.05, 0) is 48.4 Å². The van der Waals surface area contributed by atoms with Crippen LogP contribution in [0.4, 0.5) is 4.79 Å². The first kappa shape index (κ1) is 36.9. The maximum Gasteiger partial charge on any atom is 0.332 e. The summed E-state index contributed by atoms with van der Waals surface area (Å²) in [7, 11) is 0. The molecule has 1 aliphatic carbocycles. The molecule has 1 fully saturated rings. The highest BCUT2D eigenvalue weighted by molar-refractivity contribution is 5.99. The minimum absolute atomic E-state index is 0.0676. The molecule has 3 atom stereocenters. The van der Waals surface area contributed by atoms with Crippen molar-refractivity contribution in [3.8, 4) is 0 Å². The first-order valence-corrected chi connectivity index (χ1v) is 17.6. The van der Waals surface area contributed by atoms with Crippen molar-refractivity contribution in [3.05, 3.63) is 114 Å². The number of nitrogens with two attached hydrogens (primary N) is 1. The number of hydrogen-bond acceptors (Lipinski definition) is 7. The lowest BCUT2D eigenvalue weighted by atomic mass is 9.89. The van der Waals surface area contributed by atoms with Crippen LogP contribution in [-0.2, 0) is 22.6 Å². The second-order valence-corrected chi connectivity index (χ2v) is 13.1. The van der Waals surface area contributed by atoms with E-state index in [1.54, 1.807) is 18.2 Å². The van der Waals surface area contributed by atoms with Crippen molar-refractivity contribution in [3.63, 3.8) is 0 Å². The van der Waals surface area contributed by atoms with Crippen molar-refractivity contribution in [2.75, 3.05) is 13.1 Å². The third kappa shape index (κ3) is 11.3. The number of carbonyl (C=O) groups is 4. The molecule has 4 aromatic rings. The third-order valence-corrected chi connectivity index (χ3v) is 9.15. The van der Waals surface area contributed by atoms with Gasteiger partial charge < -0.3 is 26.8 Å². The molecule has 0 saturated heterocycles. The fourth-order valence-corrected chi connectivity index (χ4v) is 6.30. The number of aromatic nitrogens is 1. The van der Waals surface area contributed by atoms with Crippen LogP contribution in [0.15, 0.2) is 97.1 Å². The van der Waals surface area contributed by atoms with Crippen LogP contribution in [0, 0.1) is 5.92 Å². The number of hydrogen-bond donors (Lipinski definition) is 6. The number of aliphatic hydroxyl groups is 1. The summed E-state index contributed by atoms with van der Waals surface area (Å²) in [5.41, 5.74) is 11.2. The van der Waals surface area contributed by atoms with Gasteiger partial charge in [-0.15, -0.1) is 0 Å². The standard InChI is InChI=1S/C39H47N7O5/c40-36(48)23-34(45-37(49)32-21-20-30-18-10-11-19-31(30)43-32)38(50)44-33(22-27-12-4-1-5-13-27)35(47)26-46(42-25-29-16-8-3-9-17-29)39(51)41-24-28-14-6-2-7-15-28/h1-2,4-7,10-15,18-21,29,33-35,42,47H,3,8-9,16-17,22-26H2,(H2,40,48)(H,41,51)(H,44,50)(H,45,49)/t33-,34-,35-/m0/s1. The molecule has 0 bridgehead atoms. The summed E-state index contributed by atoms with van der Waals surface area (Å²) in [6, 6.07) is 26.7. The van der Waals surface area contributed by atoms with Gasteiger partial charge in [-0.2, -0.15) is 0 Å². The van der Waals surface area contributed by atoms with Crippen molar-refractivity contribution >= 4 is 34.7 Å². The number of urea groups is 1. The van der Waals surface area contributed by atoms with E-state index in [4.69, 9.17) is 5.73 Å². The highest BCUT2D eigenvalue weighted by atomic mass is 16.3. The number of carbonyl (C=O) groups excluding carboxylic acids is 4. The normalized spacial score (nSPS) is 14.9. The number of fused-ring (bicyclic) bond motifs is 1. The number of hydrazine groups is 1. The van der Waals surface area contributed by atoms with E-state index >= 15 is 0 Å². The number of nitrogens with zero attached hydrogens (tertiary/aromatic N) is 2. The van der Waals surface area contributed by atoms with Gasteiger partial charge in [-0.25, -0.2) is 15.2 Å². The molecular formula is C39H47N7O5. The van der Waals surface area contributed by atoms with Gasteiger partial charge in [0.1, 0.15) is 11.7 Å². The molecule has 0 spiro atoms. The van der Waals surface area contributed by atoms with E-state index < -0.39 is 48.4 Å². The topological polar surface area (TPSA) is 179 Å². The molecule has 3 aromatic carbocycles. The van der Waals surface area contributed by atoms with Gasteiger partial charge in [-0.1, -0.05) is 104 Å². The average molecular weight is 694 g/mol. The quantitative estimate of drug-likeness (QED) is 0.0971. The Balaban J connectivity index is 1.32. The Morgan fingerprint density at radius 3 is 2.20 bits per heavy atom. The number of amides is 5.